The number of hydrogen-bond acceptors (Lipinski definition) is 4. The molecule has 0 atom stereocenters. The van der Waals surface area contributed by atoms with Gasteiger partial charge in [0.25, 0.3) is 10.0 Å². The van der Waals surface area contributed by atoms with Gasteiger partial charge in [-0.2, -0.15) is 0 Å². The first-order valence-corrected chi connectivity index (χ1v) is 11.4. The lowest BCUT2D eigenvalue weighted by Gasteiger charge is -2.38. The van der Waals surface area contributed by atoms with E-state index in [1.165, 1.54) is 4.31 Å². The molecule has 0 bridgehead atoms. The summed E-state index contributed by atoms with van der Waals surface area (Å²) in [5.74, 6) is 0. The van der Waals surface area contributed by atoms with E-state index in [9.17, 15) is 13.2 Å². The summed E-state index contributed by atoms with van der Waals surface area (Å²) >= 11 is 0. The zero-order valence-electron chi connectivity index (χ0n) is 16.2. The third-order valence-electron chi connectivity index (χ3n) is 5.79. The highest BCUT2D eigenvalue weighted by molar-refractivity contribution is 7.89. The Hall–Kier alpha value is -2.06. The van der Waals surface area contributed by atoms with Gasteiger partial charge in [0.05, 0.1) is 24.2 Å². The monoisotopic (exact) mass is 405 g/mol. The summed E-state index contributed by atoms with van der Waals surface area (Å²) in [5.41, 5.74) is 0.837. The quantitative estimate of drug-likeness (QED) is 0.787. The predicted molar refractivity (Wildman–Crippen MR) is 107 cm³/mol. The Bertz CT molecular complexity index is 957. The molecule has 1 aromatic carbocycles. The molecule has 1 aliphatic heterocycles. The van der Waals surface area contributed by atoms with Crippen LogP contribution in [0.2, 0.25) is 0 Å². The van der Waals surface area contributed by atoms with Gasteiger partial charge in [0, 0.05) is 31.9 Å². The molecule has 28 heavy (non-hydrogen) atoms. The van der Waals surface area contributed by atoms with Crippen LogP contribution >= 0.6 is 0 Å². The van der Waals surface area contributed by atoms with E-state index in [0.717, 1.165) is 43.0 Å². The van der Waals surface area contributed by atoms with E-state index in [0.29, 0.717) is 26.3 Å². The van der Waals surface area contributed by atoms with Gasteiger partial charge in [-0.25, -0.2) is 17.5 Å². The molecule has 2 amide bonds. The fourth-order valence-electron chi connectivity index (χ4n) is 4.18. The molecule has 8 heteroatoms. The van der Waals surface area contributed by atoms with Gasteiger partial charge in [0.2, 0.25) is 0 Å². The lowest BCUT2D eigenvalue weighted by molar-refractivity contribution is 0.0457. The topological polar surface area (TPSA) is 71.9 Å². The second-order valence-corrected chi connectivity index (χ2v) is 9.44. The van der Waals surface area contributed by atoms with E-state index in [2.05, 4.69) is 0 Å². The number of fused-ring (bicyclic) bond motifs is 1. The van der Waals surface area contributed by atoms with Crippen LogP contribution in [0.5, 0.6) is 0 Å². The lowest BCUT2D eigenvalue weighted by atomic mass is 9.95. The first-order valence-electron chi connectivity index (χ1n) is 9.94. The van der Waals surface area contributed by atoms with Gasteiger partial charge < -0.3 is 14.2 Å². The summed E-state index contributed by atoms with van der Waals surface area (Å²) < 4.78 is 35.7. The number of ether oxygens (including phenoxy) is 1. The summed E-state index contributed by atoms with van der Waals surface area (Å²) in [6, 6.07) is 6.34. The minimum atomic E-state index is -3.95. The number of carbonyl (C=O) groups is 1. The summed E-state index contributed by atoms with van der Waals surface area (Å²) in [5, 5.41) is 0.977. The van der Waals surface area contributed by atoms with Crippen LogP contribution in [-0.4, -0.2) is 60.6 Å². The fourth-order valence-corrected chi connectivity index (χ4v) is 5.83. The van der Waals surface area contributed by atoms with Gasteiger partial charge >= 0.3 is 6.03 Å². The lowest BCUT2D eigenvalue weighted by Crippen LogP contribution is -2.54. The number of hydrogen-bond donors (Lipinski definition) is 0. The van der Waals surface area contributed by atoms with Gasteiger partial charge in [-0.15, -0.1) is 0 Å². The molecule has 7 nitrogen and oxygen atoms in total. The SMILES string of the molecule is Cn1ccc2ccc(S(=O)(=O)N(C(=O)N3CCOCC3)C3CCCCC3)cc21. The zero-order valence-corrected chi connectivity index (χ0v) is 17.0. The average molecular weight is 406 g/mol. The minimum absolute atomic E-state index is 0.175. The summed E-state index contributed by atoms with van der Waals surface area (Å²) in [6.45, 7) is 1.74. The van der Waals surface area contributed by atoms with Crippen LogP contribution in [0.25, 0.3) is 10.9 Å². The summed E-state index contributed by atoms with van der Waals surface area (Å²) in [7, 11) is -2.06. The van der Waals surface area contributed by atoms with Crippen molar-refractivity contribution in [2.75, 3.05) is 26.3 Å². The number of sulfonamides is 1. The summed E-state index contributed by atoms with van der Waals surface area (Å²) in [4.78, 5) is 15.1. The minimum Gasteiger partial charge on any atom is -0.378 e. The van der Waals surface area contributed by atoms with Gasteiger partial charge in [-0.1, -0.05) is 25.3 Å². The second kappa shape index (κ2) is 7.75. The average Bonchev–Trinajstić information content (AvgIpc) is 3.10. The van der Waals surface area contributed by atoms with Gasteiger partial charge in [-0.05, 0) is 36.4 Å². The normalized spacial score (nSPS) is 19.1. The Morgan fingerprint density at radius 3 is 2.54 bits per heavy atom. The molecule has 0 N–H and O–H groups in total. The number of nitrogens with zero attached hydrogens (tertiary/aromatic N) is 3. The molecule has 0 radical (unpaired) electrons. The van der Waals surface area contributed by atoms with Crippen molar-refractivity contribution in [1.82, 2.24) is 13.8 Å². The van der Waals surface area contributed by atoms with Crippen LogP contribution in [0.1, 0.15) is 32.1 Å². The van der Waals surface area contributed by atoms with E-state index in [-0.39, 0.29) is 10.9 Å². The van der Waals surface area contributed by atoms with Crippen molar-refractivity contribution in [3.63, 3.8) is 0 Å². The van der Waals surface area contributed by atoms with Gasteiger partial charge in [-0.3, -0.25) is 0 Å². The Morgan fingerprint density at radius 2 is 1.82 bits per heavy atom. The second-order valence-electron chi connectivity index (χ2n) is 7.62. The summed E-state index contributed by atoms with van der Waals surface area (Å²) in [6.07, 6.45) is 6.33. The Kier molecular flexibility index (Phi) is 5.33. The molecule has 0 spiro atoms. The van der Waals surface area contributed by atoms with E-state index in [1.807, 2.05) is 23.9 Å². The molecule has 0 unspecified atom stereocenters. The van der Waals surface area contributed by atoms with Gasteiger partial charge in [0.15, 0.2) is 0 Å². The van der Waals surface area contributed by atoms with Crippen LogP contribution in [0.3, 0.4) is 0 Å². The van der Waals surface area contributed by atoms with Crippen molar-refractivity contribution in [2.24, 2.45) is 7.05 Å². The van der Waals surface area contributed by atoms with Crippen LogP contribution in [0, 0.1) is 0 Å². The number of aromatic nitrogens is 1. The van der Waals surface area contributed by atoms with Crippen molar-refractivity contribution in [3.8, 4) is 0 Å². The van der Waals surface area contributed by atoms with Crippen molar-refractivity contribution in [3.05, 3.63) is 30.5 Å². The number of benzene rings is 1. The molecule has 1 saturated heterocycles. The number of urea groups is 1. The van der Waals surface area contributed by atoms with Crippen molar-refractivity contribution >= 4 is 27.0 Å². The first kappa shape index (κ1) is 19.3. The van der Waals surface area contributed by atoms with E-state index in [4.69, 9.17) is 4.74 Å². The number of aryl methyl sites for hydroxylation is 1. The predicted octanol–water partition coefficient (Wildman–Crippen LogP) is 2.95. The maximum Gasteiger partial charge on any atom is 0.334 e. The standard InChI is InChI=1S/C20H27N3O4S/c1-21-10-9-16-7-8-18(15-19(16)21)28(25,26)23(17-5-3-2-4-6-17)20(24)22-11-13-27-14-12-22/h7-10,15,17H,2-6,11-14H2,1H3. The smallest absolute Gasteiger partial charge is 0.334 e. The van der Waals surface area contributed by atoms with Crippen LogP contribution in [0.4, 0.5) is 4.79 Å². The molecule has 4 rings (SSSR count). The molecule has 1 aliphatic carbocycles. The van der Waals surface area contributed by atoms with Crippen LogP contribution < -0.4 is 0 Å². The third-order valence-corrected chi connectivity index (χ3v) is 7.61. The molecule has 2 aromatic rings. The molecule has 1 saturated carbocycles. The van der Waals surface area contributed by atoms with Crippen molar-refractivity contribution < 1.29 is 17.9 Å². The molecular weight excluding hydrogens is 378 g/mol. The first-order chi connectivity index (χ1) is 13.5. The highest BCUT2D eigenvalue weighted by Crippen LogP contribution is 2.30. The Balaban J connectivity index is 1.74. The number of carbonyl (C=O) groups excluding carboxylic acids is 1. The molecule has 2 fully saturated rings. The zero-order chi connectivity index (χ0) is 19.7. The number of amides is 2. The molecular formula is C20H27N3O4S. The van der Waals surface area contributed by atoms with Gasteiger partial charge in [0.1, 0.15) is 0 Å². The largest absolute Gasteiger partial charge is 0.378 e. The number of morpholine rings is 1. The maximum atomic E-state index is 13.6. The van der Waals surface area contributed by atoms with Crippen LogP contribution in [0.15, 0.2) is 35.4 Å². The Labute approximate surface area is 165 Å². The molecule has 152 valence electrons. The molecule has 2 aliphatic rings. The van der Waals surface area contributed by atoms with E-state index < -0.39 is 16.1 Å². The van der Waals surface area contributed by atoms with Crippen molar-refractivity contribution in [2.45, 2.75) is 43.0 Å². The fraction of sp³-hybridized carbons (Fsp3) is 0.550. The Morgan fingerprint density at radius 1 is 1.11 bits per heavy atom. The highest BCUT2D eigenvalue weighted by Gasteiger charge is 2.39. The maximum absolute atomic E-state index is 13.6. The highest BCUT2D eigenvalue weighted by atomic mass is 32.2. The van der Waals surface area contributed by atoms with E-state index >= 15 is 0 Å². The molecule has 2 heterocycles. The number of rotatable bonds is 3. The molecule has 1 aromatic heterocycles. The van der Waals surface area contributed by atoms with Crippen molar-refractivity contribution in [1.29, 1.82) is 0 Å². The van der Waals surface area contributed by atoms with E-state index in [1.54, 1.807) is 23.1 Å². The van der Waals surface area contributed by atoms with Crippen LogP contribution in [-0.2, 0) is 21.8 Å². The third kappa shape index (κ3) is 3.51.